The number of morpholine rings is 1. The first-order valence-corrected chi connectivity index (χ1v) is 9.67. The third-order valence-corrected chi connectivity index (χ3v) is 4.64. The number of rotatable bonds is 5. The van der Waals surface area contributed by atoms with Crippen molar-refractivity contribution >= 4 is 29.3 Å². The van der Waals surface area contributed by atoms with E-state index in [-0.39, 0.29) is 12.3 Å². The van der Waals surface area contributed by atoms with Gasteiger partial charge in [-0.15, -0.1) is 0 Å². The molecule has 9 heteroatoms. The second-order valence-electron chi connectivity index (χ2n) is 6.77. The number of hydrogen-bond donors (Lipinski definition) is 2. The van der Waals surface area contributed by atoms with E-state index in [1.807, 2.05) is 36.4 Å². The van der Waals surface area contributed by atoms with Gasteiger partial charge in [0.25, 0.3) is 0 Å². The minimum absolute atomic E-state index is 0.209. The highest BCUT2D eigenvalue weighted by molar-refractivity contribution is 5.96. The second kappa shape index (κ2) is 9.19. The summed E-state index contributed by atoms with van der Waals surface area (Å²) in [5.41, 5.74) is 1.42. The van der Waals surface area contributed by atoms with E-state index in [4.69, 9.17) is 4.74 Å². The van der Waals surface area contributed by atoms with Crippen LogP contribution in [0, 0.1) is 0 Å². The lowest BCUT2D eigenvalue weighted by atomic mass is 10.1. The van der Waals surface area contributed by atoms with Crippen molar-refractivity contribution in [3.05, 3.63) is 66.5 Å². The molecule has 1 aliphatic heterocycles. The molecule has 1 aliphatic rings. The maximum atomic E-state index is 12.6. The number of carbonyl (C=O) groups excluding carboxylic acids is 2. The van der Waals surface area contributed by atoms with Gasteiger partial charge < -0.3 is 20.3 Å². The van der Waals surface area contributed by atoms with Crippen LogP contribution < -0.4 is 15.5 Å². The van der Waals surface area contributed by atoms with Crippen LogP contribution >= 0.6 is 0 Å². The Morgan fingerprint density at radius 3 is 2.53 bits per heavy atom. The standard InChI is InChI=1S/C21H22N6O3/c28-20(14-16-4-2-1-3-5-16)25-19-8-9-23-27(19)21(29)24-17-6-7-18(22-15-17)26-10-12-30-13-11-26/h1-9,15H,10-14H2,(H,24,29)(H,25,28). The molecule has 2 aromatic heterocycles. The SMILES string of the molecule is O=C(Cc1ccccc1)Nc1ccnn1C(=O)Nc1ccc(N2CCOCC2)nc1. The maximum Gasteiger partial charge on any atom is 0.348 e. The highest BCUT2D eigenvalue weighted by Gasteiger charge is 2.15. The van der Waals surface area contributed by atoms with Gasteiger partial charge in [0.1, 0.15) is 11.6 Å². The summed E-state index contributed by atoms with van der Waals surface area (Å²) in [4.78, 5) is 31.4. The molecule has 1 fully saturated rings. The predicted octanol–water partition coefficient (Wildman–Crippen LogP) is 2.38. The van der Waals surface area contributed by atoms with E-state index in [2.05, 4.69) is 25.6 Å². The molecule has 1 saturated heterocycles. The van der Waals surface area contributed by atoms with Gasteiger partial charge in [0, 0.05) is 19.2 Å². The Hall–Kier alpha value is -3.72. The molecule has 2 N–H and O–H groups in total. The zero-order chi connectivity index (χ0) is 20.8. The fourth-order valence-corrected chi connectivity index (χ4v) is 3.14. The molecule has 4 rings (SSSR count). The first kappa shape index (κ1) is 19.6. The lowest BCUT2D eigenvalue weighted by molar-refractivity contribution is -0.115. The van der Waals surface area contributed by atoms with Crippen molar-refractivity contribution in [2.75, 3.05) is 41.8 Å². The van der Waals surface area contributed by atoms with E-state index < -0.39 is 6.03 Å². The Labute approximate surface area is 173 Å². The van der Waals surface area contributed by atoms with Crippen molar-refractivity contribution in [1.82, 2.24) is 14.8 Å². The molecule has 9 nitrogen and oxygen atoms in total. The fourth-order valence-electron chi connectivity index (χ4n) is 3.14. The second-order valence-corrected chi connectivity index (χ2v) is 6.77. The lowest BCUT2D eigenvalue weighted by Crippen LogP contribution is -2.36. The Kier molecular flexibility index (Phi) is 6.00. The number of pyridine rings is 1. The molecule has 0 unspecified atom stereocenters. The molecule has 0 saturated carbocycles. The van der Waals surface area contributed by atoms with Crippen molar-refractivity contribution in [1.29, 1.82) is 0 Å². The normalized spacial score (nSPS) is 13.7. The van der Waals surface area contributed by atoms with Crippen LogP contribution in [-0.4, -0.2) is 53.0 Å². The smallest absolute Gasteiger partial charge is 0.348 e. The summed E-state index contributed by atoms with van der Waals surface area (Å²) in [6, 6.07) is 14.1. The first-order valence-electron chi connectivity index (χ1n) is 9.67. The number of aromatic nitrogens is 3. The summed E-state index contributed by atoms with van der Waals surface area (Å²) < 4.78 is 6.45. The fraction of sp³-hybridized carbons (Fsp3) is 0.238. The number of nitrogens with one attached hydrogen (secondary N) is 2. The topological polar surface area (TPSA) is 101 Å². The van der Waals surface area contributed by atoms with E-state index >= 15 is 0 Å². The molecule has 3 heterocycles. The summed E-state index contributed by atoms with van der Waals surface area (Å²) in [5, 5.41) is 9.48. The Bertz CT molecular complexity index is 997. The third kappa shape index (κ3) is 4.81. The number of hydrogen-bond acceptors (Lipinski definition) is 6. The molecule has 0 spiro atoms. The van der Waals surface area contributed by atoms with Gasteiger partial charge in [-0.2, -0.15) is 9.78 Å². The summed E-state index contributed by atoms with van der Waals surface area (Å²) in [7, 11) is 0. The summed E-state index contributed by atoms with van der Waals surface area (Å²) in [6.45, 7) is 2.94. The molecule has 1 aromatic carbocycles. The van der Waals surface area contributed by atoms with E-state index in [9.17, 15) is 9.59 Å². The van der Waals surface area contributed by atoms with E-state index in [0.717, 1.165) is 29.2 Å². The van der Waals surface area contributed by atoms with Crippen LogP contribution in [0.5, 0.6) is 0 Å². The quantitative estimate of drug-likeness (QED) is 0.675. The summed E-state index contributed by atoms with van der Waals surface area (Å²) in [5.74, 6) is 0.905. The van der Waals surface area contributed by atoms with E-state index in [0.29, 0.717) is 24.7 Å². The number of benzene rings is 1. The highest BCUT2D eigenvalue weighted by atomic mass is 16.5. The molecule has 0 aliphatic carbocycles. The Morgan fingerprint density at radius 1 is 1.00 bits per heavy atom. The van der Waals surface area contributed by atoms with Crippen molar-refractivity contribution in [2.24, 2.45) is 0 Å². The zero-order valence-electron chi connectivity index (χ0n) is 16.3. The van der Waals surface area contributed by atoms with Crippen molar-refractivity contribution in [3.8, 4) is 0 Å². The van der Waals surface area contributed by atoms with Gasteiger partial charge in [-0.25, -0.2) is 9.78 Å². The van der Waals surface area contributed by atoms with E-state index in [1.54, 1.807) is 18.3 Å². The lowest BCUT2D eigenvalue weighted by Gasteiger charge is -2.27. The van der Waals surface area contributed by atoms with Gasteiger partial charge in [0.2, 0.25) is 5.91 Å². The highest BCUT2D eigenvalue weighted by Crippen LogP contribution is 2.16. The average Bonchev–Trinajstić information content (AvgIpc) is 3.23. The number of anilines is 3. The van der Waals surface area contributed by atoms with Crippen LogP contribution in [0.25, 0.3) is 0 Å². The zero-order valence-corrected chi connectivity index (χ0v) is 16.3. The molecule has 0 atom stereocenters. The predicted molar refractivity (Wildman–Crippen MR) is 113 cm³/mol. The number of carbonyl (C=O) groups is 2. The minimum Gasteiger partial charge on any atom is -0.378 e. The molecule has 154 valence electrons. The third-order valence-electron chi connectivity index (χ3n) is 4.64. The first-order chi connectivity index (χ1) is 14.7. The van der Waals surface area contributed by atoms with Gasteiger partial charge in [0.15, 0.2) is 0 Å². The van der Waals surface area contributed by atoms with Gasteiger partial charge in [-0.3, -0.25) is 4.79 Å². The summed E-state index contributed by atoms with van der Waals surface area (Å²) >= 11 is 0. The van der Waals surface area contributed by atoms with Gasteiger partial charge >= 0.3 is 6.03 Å². The van der Waals surface area contributed by atoms with Crippen molar-refractivity contribution in [3.63, 3.8) is 0 Å². The van der Waals surface area contributed by atoms with Crippen LogP contribution in [0.3, 0.4) is 0 Å². The molecule has 0 bridgehead atoms. The molecular weight excluding hydrogens is 384 g/mol. The maximum absolute atomic E-state index is 12.6. The van der Waals surface area contributed by atoms with Crippen molar-refractivity contribution < 1.29 is 14.3 Å². The average molecular weight is 406 g/mol. The summed E-state index contributed by atoms with van der Waals surface area (Å²) in [6.07, 6.45) is 3.26. The van der Waals surface area contributed by atoms with Crippen LogP contribution in [0.4, 0.5) is 22.1 Å². The molecule has 0 radical (unpaired) electrons. The van der Waals surface area contributed by atoms with E-state index in [1.165, 1.54) is 6.20 Å². The number of ether oxygens (including phenoxy) is 1. The minimum atomic E-state index is -0.490. The monoisotopic (exact) mass is 406 g/mol. The van der Waals surface area contributed by atoms with Crippen molar-refractivity contribution in [2.45, 2.75) is 6.42 Å². The van der Waals surface area contributed by atoms with Gasteiger partial charge in [-0.05, 0) is 17.7 Å². The van der Waals surface area contributed by atoms with Crippen LogP contribution in [0.2, 0.25) is 0 Å². The Balaban J connectivity index is 1.37. The van der Waals surface area contributed by atoms with Gasteiger partial charge in [-0.1, -0.05) is 30.3 Å². The van der Waals surface area contributed by atoms with Crippen LogP contribution in [-0.2, 0) is 16.0 Å². The molecule has 3 aromatic rings. The molecule has 30 heavy (non-hydrogen) atoms. The van der Waals surface area contributed by atoms with Gasteiger partial charge in [0.05, 0.1) is 37.7 Å². The van der Waals surface area contributed by atoms with Crippen LogP contribution in [0.15, 0.2) is 60.9 Å². The largest absolute Gasteiger partial charge is 0.378 e. The number of nitrogens with zero attached hydrogens (tertiary/aromatic N) is 4. The van der Waals surface area contributed by atoms with Crippen LogP contribution in [0.1, 0.15) is 5.56 Å². The Morgan fingerprint density at radius 2 is 1.80 bits per heavy atom. The molecular formula is C21H22N6O3. The molecule has 2 amide bonds. The number of amides is 2.